The highest BCUT2D eigenvalue weighted by atomic mass is 32.2. The van der Waals surface area contributed by atoms with Crippen LogP contribution >= 0.6 is 0 Å². The summed E-state index contributed by atoms with van der Waals surface area (Å²) in [6, 6.07) is 20.3. The Balaban J connectivity index is 1.66. The quantitative estimate of drug-likeness (QED) is 0.291. The predicted octanol–water partition coefficient (Wildman–Crippen LogP) is 4.51. The maximum Gasteiger partial charge on any atom is 0.368 e. The number of rotatable bonds is 7. The van der Waals surface area contributed by atoms with Crippen LogP contribution in [0.25, 0.3) is 6.08 Å². The van der Waals surface area contributed by atoms with E-state index in [2.05, 4.69) is 5.16 Å². The van der Waals surface area contributed by atoms with Gasteiger partial charge in [0.05, 0.1) is 12.2 Å². The number of hydrogen-bond acceptors (Lipinski definition) is 7. The Bertz CT molecular complexity index is 1340. The Labute approximate surface area is 192 Å². The molecule has 0 unspecified atom stereocenters. The molecule has 4 rings (SSSR count). The van der Waals surface area contributed by atoms with Gasteiger partial charge in [0.2, 0.25) is 0 Å². The van der Waals surface area contributed by atoms with Gasteiger partial charge in [0.25, 0.3) is 0 Å². The van der Waals surface area contributed by atoms with Gasteiger partial charge in [0.15, 0.2) is 11.5 Å². The molecule has 0 amide bonds. The lowest BCUT2D eigenvalue weighted by atomic mass is 10.0. The van der Waals surface area contributed by atoms with Crippen LogP contribution in [-0.4, -0.2) is 26.7 Å². The lowest BCUT2D eigenvalue weighted by Gasteiger charge is -2.13. The van der Waals surface area contributed by atoms with Crippen molar-refractivity contribution in [3.63, 3.8) is 0 Å². The second-order valence-corrected chi connectivity index (χ2v) is 8.78. The molecule has 3 aromatic carbocycles. The van der Waals surface area contributed by atoms with E-state index in [0.29, 0.717) is 17.9 Å². The van der Waals surface area contributed by atoms with E-state index in [4.69, 9.17) is 13.8 Å². The number of benzene rings is 3. The van der Waals surface area contributed by atoms with Gasteiger partial charge in [-0.2, -0.15) is 8.42 Å². The van der Waals surface area contributed by atoms with Gasteiger partial charge in [-0.15, -0.1) is 0 Å². The Morgan fingerprint density at radius 3 is 2.39 bits per heavy atom. The standard InChI is InChI=1S/C25H21NO6S/c1-3-30-23-16-18(15-21-24(26-31-25(21)27)19-7-5-4-6-8-19)11-14-22(23)32-33(28,29)20-12-9-17(2)10-13-20/h4-16H,3H2,1-2H3/b21-15-. The molecule has 0 fully saturated rings. The minimum absolute atomic E-state index is 0.0409. The number of ether oxygens (including phenoxy) is 1. The van der Waals surface area contributed by atoms with Crippen LogP contribution in [0.2, 0.25) is 0 Å². The van der Waals surface area contributed by atoms with Gasteiger partial charge in [-0.05, 0) is 49.8 Å². The zero-order valence-corrected chi connectivity index (χ0v) is 18.8. The van der Waals surface area contributed by atoms with Crippen molar-refractivity contribution in [2.45, 2.75) is 18.7 Å². The molecule has 0 aliphatic carbocycles. The van der Waals surface area contributed by atoms with Crippen LogP contribution in [0.5, 0.6) is 11.5 Å². The predicted molar refractivity (Wildman–Crippen MR) is 124 cm³/mol. The average molecular weight is 464 g/mol. The Hall–Kier alpha value is -3.91. The van der Waals surface area contributed by atoms with E-state index in [1.54, 1.807) is 37.3 Å². The third-order valence-electron chi connectivity index (χ3n) is 4.83. The minimum atomic E-state index is -4.05. The van der Waals surface area contributed by atoms with Crippen LogP contribution in [0, 0.1) is 6.92 Å². The molecule has 33 heavy (non-hydrogen) atoms. The van der Waals surface area contributed by atoms with Crippen molar-refractivity contribution in [2.75, 3.05) is 6.61 Å². The minimum Gasteiger partial charge on any atom is -0.490 e. The van der Waals surface area contributed by atoms with E-state index < -0.39 is 16.1 Å². The van der Waals surface area contributed by atoms with Gasteiger partial charge >= 0.3 is 16.1 Å². The molecule has 0 N–H and O–H groups in total. The van der Waals surface area contributed by atoms with Crippen molar-refractivity contribution in [3.05, 3.63) is 95.1 Å². The Kier molecular flexibility index (Phi) is 6.28. The molecule has 0 bridgehead atoms. The summed E-state index contributed by atoms with van der Waals surface area (Å²) >= 11 is 0. The van der Waals surface area contributed by atoms with Gasteiger partial charge in [0.1, 0.15) is 10.6 Å². The summed E-state index contributed by atoms with van der Waals surface area (Å²) in [5.41, 5.74) is 2.97. The van der Waals surface area contributed by atoms with Crippen LogP contribution < -0.4 is 8.92 Å². The van der Waals surface area contributed by atoms with Crippen LogP contribution in [0.3, 0.4) is 0 Å². The van der Waals surface area contributed by atoms with Crippen molar-refractivity contribution in [1.29, 1.82) is 0 Å². The molecular formula is C25H21NO6S. The maximum absolute atomic E-state index is 12.7. The highest BCUT2D eigenvalue weighted by Gasteiger charge is 2.27. The maximum atomic E-state index is 12.7. The lowest BCUT2D eigenvalue weighted by molar-refractivity contribution is -0.136. The first-order chi connectivity index (χ1) is 15.9. The van der Waals surface area contributed by atoms with Gasteiger partial charge in [-0.3, -0.25) is 0 Å². The second-order valence-electron chi connectivity index (χ2n) is 7.23. The van der Waals surface area contributed by atoms with Gasteiger partial charge in [0, 0.05) is 5.56 Å². The molecule has 0 saturated heterocycles. The second kappa shape index (κ2) is 9.30. The fourth-order valence-corrected chi connectivity index (χ4v) is 4.14. The largest absolute Gasteiger partial charge is 0.490 e. The molecular weight excluding hydrogens is 442 g/mol. The molecule has 3 aromatic rings. The zero-order valence-electron chi connectivity index (χ0n) is 18.0. The summed E-state index contributed by atoms with van der Waals surface area (Å²) in [7, 11) is -4.05. The summed E-state index contributed by atoms with van der Waals surface area (Å²) in [5, 5.41) is 3.89. The summed E-state index contributed by atoms with van der Waals surface area (Å²) in [6.45, 7) is 3.93. The van der Waals surface area contributed by atoms with Crippen molar-refractivity contribution >= 4 is 27.9 Å². The third-order valence-corrected chi connectivity index (χ3v) is 6.08. The summed E-state index contributed by atoms with van der Waals surface area (Å²) in [5.74, 6) is -0.299. The van der Waals surface area contributed by atoms with Gasteiger partial charge < -0.3 is 13.8 Å². The number of oxime groups is 1. The van der Waals surface area contributed by atoms with E-state index in [0.717, 1.165) is 11.1 Å². The number of aryl methyl sites for hydroxylation is 1. The molecule has 0 saturated carbocycles. The van der Waals surface area contributed by atoms with Crippen LogP contribution in [-0.2, 0) is 19.8 Å². The van der Waals surface area contributed by atoms with Crippen LogP contribution in [0.1, 0.15) is 23.6 Å². The lowest BCUT2D eigenvalue weighted by Crippen LogP contribution is -2.11. The molecule has 0 spiro atoms. The molecule has 1 aliphatic heterocycles. The number of carbonyl (C=O) groups excluding carboxylic acids is 1. The number of carbonyl (C=O) groups is 1. The normalized spacial score (nSPS) is 14.7. The van der Waals surface area contributed by atoms with E-state index in [1.165, 1.54) is 18.2 Å². The molecule has 7 nitrogen and oxygen atoms in total. The summed E-state index contributed by atoms with van der Waals surface area (Å²) < 4.78 is 36.4. The van der Waals surface area contributed by atoms with Crippen molar-refractivity contribution in [1.82, 2.24) is 0 Å². The molecule has 168 valence electrons. The molecule has 0 aromatic heterocycles. The van der Waals surface area contributed by atoms with Crippen LogP contribution in [0.4, 0.5) is 0 Å². The molecule has 0 atom stereocenters. The van der Waals surface area contributed by atoms with Crippen molar-refractivity contribution in [3.8, 4) is 11.5 Å². The topological polar surface area (TPSA) is 91.3 Å². The fourth-order valence-electron chi connectivity index (χ4n) is 3.20. The van der Waals surface area contributed by atoms with Crippen molar-refractivity contribution < 1.29 is 27.0 Å². The monoisotopic (exact) mass is 463 g/mol. The highest BCUT2D eigenvalue weighted by molar-refractivity contribution is 7.87. The van der Waals surface area contributed by atoms with E-state index in [9.17, 15) is 13.2 Å². The first-order valence-corrected chi connectivity index (χ1v) is 11.6. The van der Waals surface area contributed by atoms with Gasteiger partial charge in [-0.1, -0.05) is 59.3 Å². The Morgan fingerprint density at radius 1 is 0.970 bits per heavy atom. The highest BCUT2D eigenvalue weighted by Crippen LogP contribution is 2.32. The molecule has 1 aliphatic rings. The molecule has 1 heterocycles. The van der Waals surface area contributed by atoms with Crippen molar-refractivity contribution in [2.24, 2.45) is 5.16 Å². The fraction of sp³-hybridized carbons (Fsp3) is 0.120. The smallest absolute Gasteiger partial charge is 0.368 e. The average Bonchev–Trinajstić information content (AvgIpc) is 3.16. The van der Waals surface area contributed by atoms with E-state index in [1.807, 2.05) is 37.3 Å². The summed E-state index contributed by atoms with van der Waals surface area (Å²) in [4.78, 5) is 17.2. The van der Waals surface area contributed by atoms with E-state index in [-0.39, 0.29) is 22.0 Å². The Morgan fingerprint density at radius 2 is 1.70 bits per heavy atom. The molecule has 8 heteroatoms. The molecule has 0 radical (unpaired) electrons. The third kappa shape index (κ3) is 4.96. The van der Waals surface area contributed by atoms with Crippen LogP contribution in [0.15, 0.2) is 88.4 Å². The first kappa shape index (κ1) is 22.3. The first-order valence-electron chi connectivity index (χ1n) is 10.2. The summed E-state index contributed by atoms with van der Waals surface area (Å²) in [6.07, 6.45) is 1.61. The van der Waals surface area contributed by atoms with Gasteiger partial charge in [-0.25, -0.2) is 4.79 Å². The SMILES string of the molecule is CCOc1cc(/C=C2\C(=O)ON=C2c2ccccc2)ccc1OS(=O)(=O)c1ccc(C)cc1. The zero-order chi connectivity index (χ0) is 23.4. The number of hydrogen-bond donors (Lipinski definition) is 0. The number of nitrogens with zero attached hydrogens (tertiary/aromatic N) is 1. The van der Waals surface area contributed by atoms with E-state index >= 15 is 0 Å².